The van der Waals surface area contributed by atoms with E-state index in [-0.39, 0.29) is 15.4 Å². The van der Waals surface area contributed by atoms with E-state index in [9.17, 15) is 10.1 Å². The Labute approximate surface area is 129 Å². The maximum atomic E-state index is 11.0. The van der Waals surface area contributed by atoms with Gasteiger partial charge < -0.3 is 10.6 Å². The molecule has 0 spiro atoms. The third kappa shape index (κ3) is 4.49. The zero-order chi connectivity index (χ0) is 15.3. The van der Waals surface area contributed by atoms with Gasteiger partial charge in [-0.1, -0.05) is 6.92 Å². The van der Waals surface area contributed by atoms with Crippen LogP contribution in [0.25, 0.3) is 0 Å². The molecule has 2 N–H and O–H groups in total. The standard InChI is InChI=1S/C14H22N4O2S/c1-3-6-15-12-8-11(18(19)20)9-13(17-12)16-10-14(2)5-4-7-21-14/h8-9H,3-7,10H2,1-2H3,(H2,15,16,17). The van der Waals surface area contributed by atoms with E-state index in [2.05, 4.69) is 22.5 Å². The van der Waals surface area contributed by atoms with Gasteiger partial charge in [-0.3, -0.25) is 10.1 Å². The van der Waals surface area contributed by atoms with Gasteiger partial charge >= 0.3 is 0 Å². The van der Waals surface area contributed by atoms with Gasteiger partial charge in [0.2, 0.25) is 0 Å². The second-order valence-electron chi connectivity index (χ2n) is 5.54. The van der Waals surface area contributed by atoms with Crippen LogP contribution in [0.1, 0.15) is 33.1 Å². The lowest BCUT2D eigenvalue weighted by Gasteiger charge is -2.23. The second kappa shape index (κ2) is 6.98. The summed E-state index contributed by atoms with van der Waals surface area (Å²) in [6.07, 6.45) is 3.34. The summed E-state index contributed by atoms with van der Waals surface area (Å²) in [4.78, 5) is 15.1. The van der Waals surface area contributed by atoms with Gasteiger partial charge in [0.05, 0.1) is 17.1 Å². The minimum atomic E-state index is -0.379. The Morgan fingerprint density at radius 3 is 2.71 bits per heavy atom. The molecule has 7 heteroatoms. The SMILES string of the molecule is CCCNc1cc([N+](=O)[O-])cc(NCC2(C)CCCS2)n1. The molecule has 1 saturated heterocycles. The van der Waals surface area contributed by atoms with Crippen molar-refractivity contribution in [1.82, 2.24) is 4.98 Å². The molecule has 0 aliphatic carbocycles. The quantitative estimate of drug-likeness (QED) is 0.592. The lowest BCUT2D eigenvalue weighted by Crippen LogP contribution is -2.27. The Balaban J connectivity index is 2.09. The van der Waals surface area contributed by atoms with Crippen LogP contribution in [-0.4, -0.2) is 33.5 Å². The first-order valence-electron chi connectivity index (χ1n) is 7.30. The number of hydrogen-bond acceptors (Lipinski definition) is 6. The molecule has 1 aromatic heterocycles. The first kappa shape index (κ1) is 15.9. The van der Waals surface area contributed by atoms with Crippen molar-refractivity contribution in [3.8, 4) is 0 Å². The highest BCUT2D eigenvalue weighted by Crippen LogP contribution is 2.37. The minimum absolute atomic E-state index is 0.0651. The molecule has 0 saturated carbocycles. The Hall–Kier alpha value is -1.50. The van der Waals surface area contributed by atoms with Crippen molar-refractivity contribution in [2.75, 3.05) is 29.5 Å². The van der Waals surface area contributed by atoms with Gasteiger partial charge in [0.25, 0.3) is 5.69 Å². The molecule has 21 heavy (non-hydrogen) atoms. The van der Waals surface area contributed by atoms with Gasteiger partial charge in [0.15, 0.2) is 0 Å². The average molecular weight is 310 g/mol. The smallest absolute Gasteiger partial charge is 0.276 e. The summed E-state index contributed by atoms with van der Waals surface area (Å²) in [7, 11) is 0. The molecule has 0 amide bonds. The van der Waals surface area contributed by atoms with Gasteiger partial charge in [0.1, 0.15) is 11.6 Å². The van der Waals surface area contributed by atoms with Crippen LogP contribution < -0.4 is 10.6 Å². The van der Waals surface area contributed by atoms with Crippen molar-refractivity contribution >= 4 is 29.1 Å². The topological polar surface area (TPSA) is 80.1 Å². The monoisotopic (exact) mass is 310 g/mol. The number of thioether (sulfide) groups is 1. The van der Waals surface area contributed by atoms with Crippen LogP contribution in [0, 0.1) is 10.1 Å². The first-order valence-corrected chi connectivity index (χ1v) is 8.29. The van der Waals surface area contributed by atoms with Crippen molar-refractivity contribution in [3.63, 3.8) is 0 Å². The van der Waals surface area contributed by atoms with E-state index in [0.717, 1.165) is 19.5 Å². The fourth-order valence-corrected chi connectivity index (χ4v) is 3.55. The summed E-state index contributed by atoms with van der Waals surface area (Å²) in [6, 6.07) is 2.98. The number of nitro groups is 1. The van der Waals surface area contributed by atoms with Crippen molar-refractivity contribution < 1.29 is 4.92 Å². The molecule has 1 fully saturated rings. The van der Waals surface area contributed by atoms with E-state index in [4.69, 9.17) is 0 Å². The Kier molecular flexibility index (Phi) is 5.27. The van der Waals surface area contributed by atoms with Crippen molar-refractivity contribution in [2.45, 2.75) is 37.9 Å². The van der Waals surface area contributed by atoms with Crippen LogP contribution in [0.2, 0.25) is 0 Å². The minimum Gasteiger partial charge on any atom is -0.370 e. The van der Waals surface area contributed by atoms with E-state index in [0.29, 0.717) is 11.6 Å². The van der Waals surface area contributed by atoms with Crippen LogP contribution in [0.4, 0.5) is 17.3 Å². The van der Waals surface area contributed by atoms with Crippen LogP contribution in [-0.2, 0) is 0 Å². The predicted molar refractivity (Wildman–Crippen MR) is 88.3 cm³/mol. The highest BCUT2D eigenvalue weighted by atomic mass is 32.2. The van der Waals surface area contributed by atoms with Crippen LogP contribution in [0.15, 0.2) is 12.1 Å². The third-order valence-corrected chi connectivity index (χ3v) is 5.06. The third-order valence-electron chi connectivity index (χ3n) is 3.52. The molecule has 0 bridgehead atoms. The highest BCUT2D eigenvalue weighted by Gasteiger charge is 2.29. The fourth-order valence-electron chi connectivity index (χ4n) is 2.31. The summed E-state index contributed by atoms with van der Waals surface area (Å²) >= 11 is 1.95. The van der Waals surface area contributed by atoms with E-state index in [1.54, 1.807) is 0 Å². The van der Waals surface area contributed by atoms with Gasteiger partial charge in [-0.05, 0) is 31.9 Å². The predicted octanol–water partition coefficient (Wildman–Crippen LogP) is 3.51. The largest absolute Gasteiger partial charge is 0.370 e. The van der Waals surface area contributed by atoms with E-state index in [1.807, 2.05) is 18.7 Å². The van der Waals surface area contributed by atoms with Gasteiger partial charge in [-0.15, -0.1) is 0 Å². The zero-order valence-corrected chi connectivity index (χ0v) is 13.3. The lowest BCUT2D eigenvalue weighted by atomic mass is 10.1. The number of anilines is 2. The molecule has 6 nitrogen and oxygen atoms in total. The van der Waals surface area contributed by atoms with Gasteiger partial charge in [0, 0.05) is 17.8 Å². The fraction of sp³-hybridized carbons (Fsp3) is 0.643. The van der Waals surface area contributed by atoms with Crippen LogP contribution in [0.3, 0.4) is 0 Å². The molecule has 1 aliphatic heterocycles. The van der Waals surface area contributed by atoms with Crippen molar-refractivity contribution in [3.05, 3.63) is 22.2 Å². The lowest BCUT2D eigenvalue weighted by molar-refractivity contribution is -0.384. The highest BCUT2D eigenvalue weighted by molar-refractivity contribution is 8.00. The number of hydrogen-bond donors (Lipinski definition) is 2. The summed E-state index contributed by atoms with van der Waals surface area (Å²) in [5.41, 5.74) is 0.0651. The summed E-state index contributed by atoms with van der Waals surface area (Å²) in [5.74, 6) is 2.30. The van der Waals surface area contributed by atoms with Gasteiger partial charge in [-0.2, -0.15) is 11.8 Å². The van der Waals surface area contributed by atoms with E-state index >= 15 is 0 Å². The van der Waals surface area contributed by atoms with Crippen LogP contribution in [0.5, 0.6) is 0 Å². The molecule has 116 valence electrons. The second-order valence-corrected chi connectivity index (χ2v) is 7.22. The number of nitrogens with zero attached hydrogens (tertiary/aromatic N) is 2. The molecule has 0 aromatic carbocycles. The Bertz CT molecular complexity index is 504. The Morgan fingerprint density at radius 2 is 2.14 bits per heavy atom. The summed E-state index contributed by atoms with van der Waals surface area (Å²) in [5, 5.41) is 17.4. The molecular weight excluding hydrogens is 288 g/mol. The maximum absolute atomic E-state index is 11.0. The van der Waals surface area contributed by atoms with Crippen molar-refractivity contribution in [1.29, 1.82) is 0 Å². The number of aromatic nitrogens is 1. The summed E-state index contributed by atoms with van der Waals surface area (Å²) < 4.78 is 0.198. The number of pyridine rings is 1. The molecule has 2 heterocycles. The van der Waals surface area contributed by atoms with Crippen molar-refractivity contribution in [2.24, 2.45) is 0 Å². The summed E-state index contributed by atoms with van der Waals surface area (Å²) in [6.45, 7) is 5.80. The maximum Gasteiger partial charge on any atom is 0.276 e. The molecule has 1 atom stereocenters. The normalized spacial score (nSPS) is 21.2. The van der Waals surface area contributed by atoms with E-state index < -0.39 is 0 Å². The molecular formula is C14H22N4O2S. The molecule has 1 aromatic rings. The number of rotatable bonds is 7. The Morgan fingerprint density at radius 1 is 1.43 bits per heavy atom. The molecule has 1 aliphatic rings. The average Bonchev–Trinajstić information content (AvgIpc) is 2.90. The molecule has 2 rings (SSSR count). The van der Waals surface area contributed by atoms with Crippen LogP contribution >= 0.6 is 11.8 Å². The number of nitrogens with one attached hydrogen (secondary N) is 2. The molecule has 0 radical (unpaired) electrons. The zero-order valence-electron chi connectivity index (χ0n) is 12.5. The first-order chi connectivity index (χ1) is 10.0. The van der Waals surface area contributed by atoms with Gasteiger partial charge in [-0.25, -0.2) is 4.98 Å². The van der Waals surface area contributed by atoms with E-state index in [1.165, 1.54) is 30.7 Å². The molecule has 1 unspecified atom stereocenters.